The second-order valence-corrected chi connectivity index (χ2v) is 6.90. The number of amides is 2. The topological polar surface area (TPSA) is 84.5 Å². The molecule has 0 aliphatic carbocycles. The summed E-state index contributed by atoms with van der Waals surface area (Å²) >= 11 is 0. The van der Waals surface area contributed by atoms with Crippen LogP contribution in [-0.4, -0.2) is 52.2 Å². The zero-order valence-corrected chi connectivity index (χ0v) is 15.5. The summed E-state index contributed by atoms with van der Waals surface area (Å²) in [6.07, 6.45) is 1.67. The van der Waals surface area contributed by atoms with Crippen molar-refractivity contribution in [1.29, 1.82) is 0 Å². The number of fused-ring (bicyclic) bond motifs is 1. The maximum atomic E-state index is 12.7. The van der Waals surface area contributed by atoms with Gasteiger partial charge >= 0.3 is 6.03 Å². The smallest absolute Gasteiger partial charge is 0.321 e. The van der Waals surface area contributed by atoms with Crippen LogP contribution in [0.3, 0.4) is 0 Å². The van der Waals surface area contributed by atoms with Gasteiger partial charge in [-0.2, -0.15) is 0 Å². The fourth-order valence-corrected chi connectivity index (χ4v) is 3.53. The number of carbonyl (C=O) groups excluding carboxylic acids is 1. The van der Waals surface area contributed by atoms with Crippen molar-refractivity contribution in [2.75, 3.05) is 36.4 Å². The van der Waals surface area contributed by atoms with Crippen molar-refractivity contribution in [3.8, 4) is 5.75 Å². The Kier molecular flexibility index (Phi) is 4.35. The summed E-state index contributed by atoms with van der Waals surface area (Å²) in [6.45, 7) is 6.74. The molecule has 27 heavy (non-hydrogen) atoms. The monoisotopic (exact) mass is 365 g/mol. The number of nitrogens with one attached hydrogen (secondary N) is 2. The van der Waals surface area contributed by atoms with Crippen molar-refractivity contribution in [2.24, 2.45) is 0 Å². The summed E-state index contributed by atoms with van der Waals surface area (Å²) in [5, 5.41) is 12.7. The minimum absolute atomic E-state index is 0.0908. The van der Waals surface area contributed by atoms with Gasteiger partial charge in [0, 0.05) is 43.6 Å². The summed E-state index contributed by atoms with van der Waals surface area (Å²) in [7, 11) is 0. The quantitative estimate of drug-likeness (QED) is 0.651. The fourth-order valence-electron chi connectivity index (χ4n) is 3.53. The van der Waals surface area contributed by atoms with Crippen LogP contribution in [0.5, 0.6) is 5.75 Å². The molecule has 0 spiro atoms. The van der Waals surface area contributed by atoms with Gasteiger partial charge in [-0.25, -0.2) is 9.78 Å². The maximum Gasteiger partial charge on any atom is 0.321 e. The van der Waals surface area contributed by atoms with Gasteiger partial charge in [0.15, 0.2) is 0 Å². The van der Waals surface area contributed by atoms with Crippen LogP contribution in [0.15, 0.2) is 36.7 Å². The van der Waals surface area contributed by atoms with Crippen molar-refractivity contribution < 1.29 is 9.90 Å². The number of piperazine rings is 1. The molecule has 7 heteroatoms. The lowest BCUT2D eigenvalue weighted by molar-refractivity contribution is 0.208. The predicted molar refractivity (Wildman–Crippen MR) is 106 cm³/mol. The number of imidazole rings is 1. The van der Waals surface area contributed by atoms with Crippen LogP contribution in [-0.2, 0) is 0 Å². The van der Waals surface area contributed by atoms with Crippen molar-refractivity contribution in [3.05, 3.63) is 47.8 Å². The van der Waals surface area contributed by atoms with E-state index in [0.717, 1.165) is 46.6 Å². The number of hydrogen-bond donors (Lipinski definition) is 3. The van der Waals surface area contributed by atoms with Gasteiger partial charge in [-0.3, -0.25) is 0 Å². The van der Waals surface area contributed by atoms with Crippen LogP contribution < -0.4 is 10.2 Å². The molecule has 1 aliphatic rings. The Morgan fingerprint density at radius 1 is 1.15 bits per heavy atom. The number of aryl methyl sites for hydroxylation is 1. The Morgan fingerprint density at radius 2 is 1.93 bits per heavy atom. The number of aromatic amines is 1. The molecule has 0 bridgehead atoms. The first kappa shape index (κ1) is 17.2. The molecule has 2 aromatic carbocycles. The first-order valence-corrected chi connectivity index (χ1v) is 9.06. The number of carbonyl (C=O) groups is 1. The predicted octanol–water partition coefficient (Wildman–Crippen LogP) is 3.24. The van der Waals surface area contributed by atoms with Crippen LogP contribution in [0, 0.1) is 13.8 Å². The number of H-pyrrole nitrogens is 1. The van der Waals surface area contributed by atoms with E-state index in [1.807, 2.05) is 36.9 Å². The van der Waals surface area contributed by atoms with Crippen LogP contribution in [0.25, 0.3) is 11.0 Å². The first-order chi connectivity index (χ1) is 13.0. The Balaban J connectivity index is 1.43. The van der Waals surface area contributed by atoms with Crippen molar-refractivity contribution in [2.45, 2.75) is 13.8 Å². The van der Waals surface area contributed by atoms with E-state index >= 15 is 0 Å². The molecule has 3 N–H and O–H groups in total. The highest BCUT2D eigenvalue weighted by Crippen LogP contribution is 2.27. The molecule has 0 saturated carbocycles. The zero-order chi connectivity index (χ0) is 19.0. The third-order valence-corrected chi connectivity index (χ3v) is 5.28. The maximum absolute atomic E-state index is 12.7. The van der Waals surface area contributed by atoms with Crippen LogP contribution in [0.4, 0.5) is 16.2 Å². The van der Waals surface area contributed by atoms with Crippen molar-refractivity contribution >= 4 is 28.4 Å². The molecule has 0 radical (unpaired) electrons. The van der Waals surface area contributed by atoms with Gasteiger partial charge in [0.1, 0.15) is 5.75 Å². The van der Waals surface area contributed by atoms with Gasteiger partial charge in [-0.15, -0.1) is 0 Å². The number of aromatic nitrogens is 2. The van der Waals surface area contributed by atoms with Gasteiger partial charge in [0.25, 0.3) is 0 Å². The van der Waals surface area contributed by atoms with E-state index in [2.05, 4.69) is 20.2 Å². The number of anilines is 2. The average molecular weight is 365 g/mol. The van der Waals surface area contributed by atoms with Gasteiger partial charge in [-0.05, 0) is 43.2 Å². The summed E-state index contributed by atoms with van der Waals surface area (Å²) in [6, 6.07) is 9.06. The third-order valence-electron chi connectivity index (χ3n) is 5.28. The second-order valence-electron chi connectivity index (χ2n) is 6.90. The van der Waals surface area contributed by atoms with Crippen molar-refractivity contribution in [1.82, 2.24) is 14.9 Å². The van der Waals surface area contributed by atoms with E-state index < -0.39 is 0 Å². The standard InChI is InChI=1S/C20H23N5O2/c1-13-14(2)19-18(21-12-22-19)11-17(13)23-20(27)25-8-6-24(7-9-25)15-4-3-5-16(26)10-15/h3-5,10-12,26H,6-9H2,1-2H3,(H,21,22)(H,23,27). The number of rotatable bonds is 2. The summed E-state index contributed by atoms with van der Waals surface area (Å²) in [5.74, 6) is 0.257. The highest BCUT2D eigenvalue weighted by atomic mass is 16.3. The molecule has 3 aromatic rings. The number of aromatic hydroxyl groups is 1. The van der Waals surface area contributed by atoms with Gasteiger partial charge in [0.05, 0.1) is 17.4 Å². The minimum Gasteiger partial charge on any atom is -0.508 e. The summed E-state index contributed by atoms with van der Waals surface area (Å²) in [5.41, 5.74) is 5.74. The number of hydrogen-bond acceptors (Lipinski definition) is 4. The molecule has 1 aromatic heterocycles. The van der Waals surface area contributed by atoms with Gasteiger partial charge < -0.3 is 25.2 Å². The lowest BCUT2D eigenvalue weighted by atomic mass is 10.1. The van der Waals surface area contributed by atoms with Crippen LogP contribution in [0.1, 0.15) is 11.1 Å². The summed E-state index contributed by atoms with van der Waals surface area (Å²) < 4.78 is 0. The second kappa shape index (κ2) is 6.83. The van der Waals surface area contributed by atoms with E-state index in [0.29, 0.717) is 13.1 Å². The lowest BCUT2D eigenvalue weighted by Crippen LogP contribution is -2.50. The molecule has 0 atom stereocenters. The zero-order valence-electron chi connectivity index (χ0n) is 15.5. The number of benzene rings is 2. The molecule has 1 aliphatic heterocycles. The molecule has 2 heterocycles. The van der Waals surface area contributed by atoms with Gasteiger partial charge in [0.2, 0.25) is 0 Å². The third kappa shape index (κ3) is 3.28. The van der Waals surface area contributed by atoms with Crippen molar-refractivity contribution in [3.63, 3.8) is 0 Å². The molecule has 2 amide bonds. The van der Waals surface area contributed by atoms with E-state index in [1.165, 1.54) is 0 Å². The Bertz CT molecular complexity index is 989. The molecule has 0 unspecified atom stereocenters. The van der Waals surface area contributed by atoms with E-state index in [4.69, 9.17) is 0 Å². The molecule has 1 saturated heterocycles. The molecule has 4 rings (SSSR count). The molecular formula is C20H23N5O2. The first-order valence-electron chi connectivity index (χ1n) is 9.06. The minimum atomic E-state index is -0.0908. The highest BCUT2D eigenvalue weighted by molar-refractivity contribution is 5.94. The molecular weight excluding hydrogens is 342 g/mol. The number of nitrogens with zero attached hydrogens (tertiary/aromatic N) is 3. The van der Waals surface area contributed by atoms with Crippen LogP contribution >= 0.6 is 0 Å². The SMILES string of the molecule is Cc1c(NC(=O)N2CCN(c3cccc(O)c3)CC2)cc2[nH]cnc2c1C. The largest absolute Gasteiger partial charge is 0.508 e. The number of phenolic OH excluding ortho intramolecular Hbond substituents is 1. The number of phenols is 1. The fraction of sp³-hybridized carbons (Fsp3) is 0.300. The molecule has 1 fully saturated rings. The lowest BCUT2D eigenvalue weighted by Gasteiger charge is -2.36. The normalized spacial score (nSPS) is 14.6. The molecule has 7 nitrogen and oxygen atoms in total. The summed E-state index contributed by atoms with van der Waals surface area (Å²) in [4.78, 5) is 24.2. The van der Waals surface area contributed by atoms with E-state index in [9.17, 15) is 9.90 Å². The Morgan fingerprint density at radius 3 is 2.67 bits per heavy atom. The van der Waals surface area contributed by atoms with Crippen LogP contribution in [0.2, 0.25) is 0 Å². The Hall–Kier alpha value is -3.22. The average Bonchev–Trinajstić information content (AvgIpc) is 3.14. The van der Waals surface area contributed by atoms with Gasteiger partial charge in [-0.1, -0.05) is 6.07 Å². The molecule has 140 valence electrons. The number of urea groups is 1. The van der Waals surface area contributed by atoms with E-state index in [1.54, 1.807) is 18.5 Å². The van der Waals surface area contributed by atoms with E-state index in [-0.39, 0.29) is 11.8 Å². The Labute approximate surface area is 157 Å². The highest BCUT2D eigenvalue weighted by Gasteiger charge is 2.22.